The summed E-state index contributed by atoms with van der Waals surface area (Å²) in [6.45, 7) is 5.35. The molecule has 0 N–H and O–H groups in total. The topological polar surface area (TPSA) is 72.1 Å². The first-order chi connectivity index (χ1) is 15.7. The monoisotopic (exact) mass is 482 g/mol. The summed E-state index contributed by atoms with van der Waals surface area (Å²) in [5.41, 5.74) is 2.74. The molecule has 0 saturated carbocycles. The Morgan fingerprint density at radius 3 is 2.45 bits per heavy atom. The first-order valence-corrected chi connectivity index (χ1v) is 11.0. The highest BCUT2D eigenvalue weighted by Crippen LogP contribution is 2.31. The van der Waals surface area contributed by atoms with Gasteiger partial charge in [-0.15, -0.1) is 0 Å². The maximum absolute atomic E-state index is 13.0. The van der Waals surface area contributed by atoms with Crippen LogP contribution in [0.15, 0.2) is 69.7 Å². The van der Waals surface area contributed by atoms with E-state index in [1.54, 1.807) is 81.4 Å². The van der Waals surface area contributed by atoms with Gasteiger partial charge in [-0.1, -0.05) is 35.3 Å². The number of esters is 1. The Hall–Kier alpha value is -3.35. The van der Waals surface area contributed by atoms with E-state index < -0.39 is 0 Å². The summed E-state index contributed by atoms with van der Waals surface area (Å²) in [6.07, 6.45) is 1.46. The van der Waals surface area contributed by atoms with Crippen LogP contribution in [-0.4, -0.2) is 23.7 Å². The molecule has 0 aliphatic carbocycles. The molecule has 3 aromatic rings. The fourth-order valence-electron chi connectivity index (χ4n) is 3.26. The van der Waals surface area contributed by atoms with E-state index >= 15 is 0 Å². The number of hydrazone groups is 1. The van der Waals surface area contributed by atoms with Gasteiger partial charge >= 0.3 is 5.97 Å². The molecule has 168 valence electrons. The molecule has 0 bridgehead atoms. The molecule has 33 heavy (non-hydrogen) atoms. The number of hydrogen-bond acceptors (Lipinski definition) is 5. The number of hydrogen-bond donors (Lipinski definition) is 0. The Balaban J connectivity index is 1.53. The smallest absolute Gasteiger partial charge is 0.338 e. The first-order valence-electron chi connectivity index (χ1n) is 10.2. The van der Waals surface area contributed by atoms with Crippen molar-refractivity contribution in [1.82, 2.24) is 0 Å². The van der Waals surface area contributed by atoms with Gasteiger partial charge in [0.05, 0.1) is 38.7 Å². The molecule has 0 saturated heterocycles. The highest BCUT2D eigenvalue weighted by Gasteiger charge is 2.29. The Kier molecular flexibility index (Phi) is 6.40. The Morgan fingerprint density at radius 2 is 1.79 bits per heavy atom. The van der Waals surface area contributed by atoms with Crippen molar-refractivity contribution in [3.05, 3.63) is 81.5 Å². The normalized spacial score (nSPS) is 14.8. The number of furan rings is 1. The van der Waals surface area contributed by atoms with Gasteiger partial charge in [0.15, 0.2) is 0 Å². The van der Waals surface area contributed by atoms with Crippen LogP contribution in [0.25, 0.3) is 17.4 Å². The van der Waals surface area contributed by atoms with Crippen molar-refractivity contribution in [3.63, 3.8) is 0 Å². The van der Waals surface area contributed by atoms with Crippen molar-refractivity contribution in [1.29, 1.82) is 0 Å². The van der Waals surface area contributed by atoms with Crippen LogP contribution in [0.2, 0.25) is 10.0 Å². The zero-order chi connectivity index (χ0) is 23.7. The molecule has 6 nitrogen and oxygen atoms in total. The predicted octanol–water partition coefficient (Wildman–Crippen LogP) is 6.62. The van der Waals surface area contributed by atoms with E-state index in [1.165, 1.54) is 5.01 Å². The van der Waals surface area contributed by atoms with Crippen molar-refractivity contribution in [3.8, 4) is 11.3 Å². The first kappa shape index (κ1) is 22.8. The van der Waals surface area contributed by atoms with Gasteiger partial charge in [0, 0.05) is 5.56 Å². The van der Waals surface area contributed by atoms with Crippen molar-refractivity contribution >= 4 is 52.6 Å². The van der Waals surface area contributed by atoms with Crippen LogP contribution in [0.5, 0.6) is 0 Å². The van der Waals surface area contributed by atoms with E-state index in [9.17, 15) is 9.59 Å². The van der Waals surface area contributed by atoms with Gasteiger partial charge in [0.2, 0.25) is 0 Å². The average molecular weight is 483 g/mol. The van der Waals surface area contributed by atoms with E-state index in [0.717, 1.165) is 5.56 Å². The minimum absolute atomic E-state index is 0.184. The van der Waals surface area contributed by atoms with Crippen LogP contribution in [0.1, 0.15) is 36.9 Å². The molecule has 0 fully saturated rings. The molecule has 1 aliphatic rings. The number of amides is 1. The van der Waals surface area contributed by atoms with Gasteiger partial charge in [-0.05, 0) is 69.3 Å². The average Bonchev–Trinajstić information content (AvgIpc) is 3.36. The second-order valence-corrected chi connectivity index (χ2v) is 8.51. The maximum Gasteiger partial charge on any atom is 0.338 e. The number of halogens is 2. The lowest BCUT2D eigenvalue weighted by Gasteiger charge is -2.12. The zero-order valence-electron chi connectivity index (χ0n) is 18.1. The lowest BCUT2D eigenvalue weighted by atomic mass is 10.1. The van der Waals surface area contributed by atoms with Crippen molar-refractivity contribution < 1.29 is 18.7 Å². The fraction of sp³-hybridized carbons (Fsp3) is 0.160. The third-order valence-electron chi connectivity index (χ3n) is 4.87. The zero-order valence-corrected chi connectivity index (χ0v) is 19.6. The van der Waals surface area contributed by atoms with Crippen molar-refractivity contribution in [2.75, 3.05) is 5.01 Å². The van der Waals surface area contributed by atoms with E-state index in [1.807, 2.05) is 0 Å². The minimum atomic E-state index is -0.373. The molecule has 0 radical (unpaired) electrons. The number of carbonyl (C=O) groups excluding carboxylic acids is 2. The number of rotatable bonds is 5. The predicted molar refractivity (Wildman–Crippen MR) is 130 cm³/mol. The van der Waals surface area contributed by atoms with Crippen LogP contribution in [0, 0.1) is 0 Å². The molecule has 0 unspecified atom stereocenters. The third kappa shape index (κ3) is 4.87. The van der Waals surface area contributed by atoms with Gasteiger partial charge in [-0.25, -0.2) is 4.79 Å². The van der Waals surface area contributed by atoms with Gasteiger partial charge in [-0.2, -0.15) is 10.1 Å². The summed E-state index contributed by atoms with van der Waals surface area (Å²) in [7, 11) is 0. The summed E-state index contributed by atoms with van der Waals surface area (Å²) in [4.78, 5) is 25.0. The van der Waals surface area contributed by atoms with Crippen LogP contribution in [0.3, 0.4) is 0 Å². The van der Waals surface area contributed by atoms with Crippen LogP contribution < -0.4 is 5.01 Å². The molecular formula is C25H20Cl2N2O4. The van der Waals surface area contributed by atoms with E-state index in [-0.39, 0.29) is 18.0 Å². The standard InChI is InChI=1S/C25H20Cl2N2O4/c1-14(2)32-25(31)17-6-4-16(5-7-17)23-11-9-19(33-23)13-20-15(3)28-29(24(20)30)18-8-10-21(26)22(27)12-18/h4-14H,1-3H3. The number of nitrogens with zero attached hydrogens (tertiary/aromatic N) is 2. The molecule has 0 atom stereocenters. The highest BCUT2D eigenvalue weighted by molar-refractivity contribution is 6.42. The van der Waals surface area contributed by atoms with Crippen molar-refractivity contribution in [2.24, 2.45) is 5.10 Å². The largest absolute Gasteiger partial charge is 0.459 e. The van der Waals surface area contributed by atoms with E-state index in [4.69, 9.17) is 32.4 Å². The molecule has 4 rings (SSSR count). The molecule has 1 aliphatic heterocycles. The molecule has 1 amide bonds. The lowest BCUT2D eigenvalue weighted by Crippen LogP contribution is -2.21. The Morgan fingerprint density at radius 1 is 1.06 bits per heavy atom. The highest BCUT2D eigenvalue weighted by atomic mass is 35.5. The van der Waals surface area contributed by atoms with Gasteiger partial charge in [-0.3, -0.25) is 4.79 Å². The van der Waals surface area contributed by atoms with Gasteiger partial charge in [0.1, 0.15) is 11.5 Å². The maximum atomic E-state index is 13.0. The molecule has 2 heterocycles. The van der Waals surface area contributed by atoms with E-state index in [0.29, 0.717) is 44.1 Å². The number of ether oxygens (including phenoxy) is 1. The van der Waals surface area contributed by atoms with Crippen LogP contribution >= 0.6 is 23.2 Å². The van der Waals surface area contributed by atoms with Crippen LogP contribution in [0.4, 0.5) is 5.69 Å². The molecule has 0 spiro atoms. The summed E-state index contributed by atoms with van der Waals surface area (Å²) in [6, 6.07) is 15.4. The number of carbonyl (C=O) groups is 2. The fourth-order valence-corrected chi connectivity index (χ4v) is 3.55. The summed E-state index contributed by atoms with van der Waals surface area (Å²) >= 11 is 12.0. The molecule has 2 aromatic carbocycles. The summed E-state index contributed by atoms with van der Waals surface area (Å²) in [5, 5.41) is 6.36. The van der Waals surface area contributed by atoms with E-state index in [2.05, 4.69) is 5.10 Å². The van der Waals surface area contributed by atoms with Crippen molar-refractivity contribution in [2.45, 2.75) is 26.9 Å². The summed E-state index contributed by atoms with van der Waals surface area (Å²) in [5.74, 6) is 0.438. The molecule has 1 aromatic heterocycles. The quantitative estimate of drug-likeness (QED) is 0.302. The second-order valence-electron chi connectivity index (χ2n) is 7.69. The third-order valence-corrected chi connectivity index (χ3v) is 5.61. The van der Waals surface area contributed by atoms with Crippen LogP contribution in [-0.2, 0) is 9.53 Å². The number of anilines is 1. The van der Waals surface area contributed by atoms with Gasteiger partial charge in [0.25, 0.3) is 5.91 Å². The molecular weight excluding hydrogens is 463 g/mol. The Bertz CT molecular complexity index is 1290. The lowest BCUT2D eigenvalue weighted by molar-refractivity contribution is -0.114. The SMILES string of the molecule is CC1=NN(c2ccc(Cl)c(Cl)c2)C(=O)C1=Cc1ccc(-c2ccc(C(=O)OC(C)C)cc2)o1. The van der Waals surface area contributed by atoms with Gasteiger partial charge < -0.3 is 9.15 Å². The minimum Gasteiger partial charge on any atom is -0.459 e. The number of benzene rings is 2. The Labute approximate surface area is 201 Å². The molecule has 8 heteroatoms. The summed E-state index contributed by atoms with van der Waals surface area (Å²) < 4.78 is 11.1. The second kappa shape index (κ2) is 9.25.